The molecule has 0 aromatic carbocycles. The number of nitrogens with zero attached hydrogens (tertiary/aromatic N) is 1. The van der Waals surface area contributed by atoms with Crippen molar-refractivity contribution in [2.45, 2.75) is 32.2 Å². The Morgan fingerprint density at radius 2 is 2.35 bits per heavy atom. The Hall–Kier alpha value is -1.29. The van der Waals surface area contributed by atoms with E-state index in [1.54, 1.807) is 0 Å². The van der Waals surface area contributed by atoms with Crippen LogP contribution in [0.1, 0.15) is 37.0 Å². The molecule has 0 saturated carbocycles. The minimum absolute atomic E-state index is 0.116. The van der Waals surface area contributed by atoms with Gasteiger partial charge in [-0.3, -0.25) is 9.78 Å². The number of halogens is 1. The van der Waals surface area contributed by atoms with Crippen molar-refractivity contribution in [1.82, 2.24) is 10.3 Å². The number of amides is 1. The zero-order valence-corrected chi connectivity index (χ0v) is 10.8. The normalized spacial score (nSPS) is 14.1. The summed E-state index contributed by atoms with van der Waals surface area (Å²) in [7, 11) is 0. The molecule has 5 heteroatoms. The molecule has 2 N–H and O–H groups in total. The van der Waals surface area contributed by atoms with Gasteiger partial charge in [-0.05, 0) is 25.8 Å². The molecule has 0 aliphatic rings. The van der Waals surface area contributed by atoms with Crippen LogP contribution in [0.25, 0.3) is 0 Å². The molecule has 1 heterocycles. The number of pyridine rings is 1. The van der Waals surface area contributed by atoms with E-state index in [9.17, 15) is 9.90 Å². The number of carbonyl (C=O) groups is 1. The third-order valence-electron chi connectivity index (χ3n) is 2.89. The Labute approximate surface area is 106 Å². The van der Waals surface area contributed by atoms with Crippen molar-refractivity contribution in [3.05, 3.63) is 24.0 Å². The van der Waals surface area contributed by atoms with Crippen LogP contribution in [0.3, 0.4) is 0 Å². The lowest BCUT2D eigenvalue weighted by atomic mass is 9.95. The molecule has 0 saturated heterocycles. The lowest BCUT2D eigenvalue weighted by Gasteiger charge is -2.29. The molecular formula is C12H17ClN2O2. The topological polar surface area (TPSA) is 62.2 Å². The zero-order valence-electron chi connectivity index (χ0n) is 10.0. The Bertz CT molecular complexity index is 398. The highest BCUT2D eigenvalue weighted by atomic mass is 35.5. The first kappa shape index (κ1) is 13.8. The number of nitrogens with one attached hydrogen (secondary N) is 1. The molecule has 94 valence electrons. The van der Waals surface area contributed by atoms with Gasteiger partial charge in [0.2, 0.25) is 0 Å². The number of aromatic hydroxyl groups is 1. The van der Waals surface area contributed by atoms with Crippen LogP contribution in [-0.4, -0.2) is 27.4 Å². The van der Waals surface area contributed by atoms with Gasteiger partial charge in [0, 0.05) is 17.6 Å². The first-order chi connectivity index (χ1) is 8.02. The number of rotatable bonds is 5. The molecule has 0 radical (unpaired) electrons. The lowest BCUT2D eigenvalue weighted by Crippen LogP contribution is -2.45. The maximum Gasteiger partial charge on any atom is 0.255 e. The second-order valence-electron chi connectivity index (χ2n) is 4.20. The van der Waals surface area contributed by atoms with Gasteiger partial charge in [0.25, 0.3) is 5.91 Å². The van der Waals surface area contributed by atoms with Crippen LogP contribution in [0.5, 0.6) is 5.75 Å². The summed E-state index contributed by atoms with van der Waals surface area (Å²) in [6.07, 6.45) is 4.18. The van der Waals surface area contributed by atoms with E-state index in [1.807, 2.05) is 13.8 Å². The molecule has 4 nitrogen and oxygen atoms in total. The fraction of sp³-hybridized carbons (Fsp3) is 0.500. The van der Waals surface area contributed by atoms with Gasteiger partial charge in [-0.2, -0.15) is 0 Å². The molecule has 1 amide bonds. The van der Waals surface area contributed by atoms with Gasteiger partial charge < -0.3 is 10.4 Å². The van der Waals surface area contributed by atoms with E-state index < -0.39 is 0 Å². The molecule has 1 atom stereocenters. The Morgan fingerprint density at radius 3 is 2.88 bits per heavy atom. The molecular weight excluding hydrogens is 240 g/mol. The summed E-state index contributed by atoms with van der Waals surface area (Å²) in [6, 6.07) is 1.49. The maximum absolute atomic E-state index is 12.0. The Morgan fingerprint density at radius 1 is 1.65 bits per heavy atom. The number of aromatic nitrogens is 1. The summed E-state index contributed by atoms with van der Waals surface area (Å²) >= 11 is 5.71. The average Bonchev–Trinajstić information content (AvgIpc) is 2.29. The maximum atomic E-state index is 12.0. The first-order valence-electron chi connectivity index (χ1n) is 5.54. The van der Waals surface area contributed by atoms with Crippen LogP contribution in [-0.2, 0) is 0 Å². The predicted molar refractivity (Wildman–Crippen MR) is 67.4 cm³/mol. The number of carbonyl (C=O) groups excluding carboxylic acids is 1. The molecule has 1 aromatic rings. The fourth-order valence-corrected chi connectivity index (χ4v) is 1.87. The quantitative estimate of drug-likeness (QED) is 0.795. The smallest absolute Gasteiger partial charge is 0.255 e. The fourth-order valence-electron chi connectivity index (χ4n) is 1.46. The highest BCUT2D eigenvalue weighted by Crippen LogP contribution is 2.19. The van der Waals surface area contributed by atoms with E-state index in [4.69, 9.17) is 11.6 Å². The van der Waals surface area contributed by atoms with Crippen molar-refractivity contribution >= 4 is 17.5 Å². The summed E-state index contributed by atoms with van der Waals surface area (Å²) in [4.78, 5) is 15.7. The van der Waals surface area contributed by atoms with Gasteiger partial charge in [-0.25, -0.2) is 0 Å². The summed E-state index contributed by atoms with van der Waals surface area (Å²) in [5, 5.41) is 12.4. The molecule has 0 aliphatic heterocycles. The van der Waals surface area contributed by atoms with E-state index in [-0.39, 0.29) is 22.8 Å². The molecule has 0 aliphatic carbocycles. The lowest BCUT2D eigenvalue weighted by molar-refractivity contribution is 0.0898. The van der Waals surface area contributed by atoms with Gasteiger partial charge in [-0.15, -0.1) is 11.6 Å². The number of hydrogen-bond donors (Lipinski definition) is 2. The Balaban J connectivity index is 2.82. The minimum atomic E-state index is -0.353. The number of hydrogen-bond acceptors (Lipinski definition) is 3. The van der Waals surface area contributed by atoms with Crippen LogP contribution < -0.4 is 5.32 Å². The highest BCUT2D eigenvalue weighted by molar-refractivity contribution is 6.17. The average molecular weight is 257 g/mol. The van der Waals surface area contributed by atoms with E-state index in [1.165, 1.54) is 18.5 Å². The van der Waals surface area contributed by atoms with Crippen LogP contribution in [0, 0.1) is 0 Å². The molecule has 17 heavy (non-hydrogen) atoms. The third kappa shape index (κ3) is 3.60. The van der Waals surface area contributed by atoms with E-state index in [0.29, 0.717) is 12.3 Å². The van der Waals surface area contributed by atoms with Crippen molar-refractivity contribution in [2.24, 2.45) is 0 Å². The van der Waals surface area contributed by atoms with Gasteiger partial charge >= 0.3 is 0 Å². The standard InChI is InChI=1S/C12H17ClN2O2/c1-3-12(2,5-6-13)15-11(17)9-4-7-14-8-10(9)16/h4,7-8,16H,3,5-6H2,1-2H3,(H,15,17). The van der Waals surface area contributed by atoms with Gasteiger partial charge in [0.1, 0.15) is 5.75 Å². The Kier molecular flexibility index (Phi) is 4.75. The monoisotopic (exact) mass is 256 g/mol. The summed E-state index contributed by atoms with van der Waals surface area (Å²) in [5.74, 6) is 0.0566. The van der Waals surface area contributed by atoms with Crippen molar-refractivity contribution in [3.63, 3.8) is 0 Å². The van der Waals surface area contributed by atoms with Crippen molar-refractivity contribution < 1.29 is 9.90 Å². The summed E-state index contributed by atoms with van der Waals surface area (Å²) in [6.45, 7) is 3.92. The number of alkyl halides is 1. The van der Waals surface area contributed by atoms with Gasteiger partial charge in [0.15, 0.2) is 0 Å². The van der Waals surface area contributed by atoms with Crippen LogP contribution in [0.15, 0.2) is 18.5 Å². The SMILES string of the molecule is CCC(C)(CCCl)NC(=O)c1ccncc1O. The largest absolute Gasteiger partial charge is 0.505 e. The van der Waals surface area contributed by atoms with E-state index in [0.717, 1.165) is 6.42 Å². The second-order valence-corrected chi connectivity index (χ2v) is 4.58. The molecule has 1 rings (SSSR count). The van der Waals surface area contributed by atoms with Gasteiger partial charge in [0.05, 0.1) is 11.8 Å². The molecule has 1 unspecified atom stereocenters. The molecule has 0 bridgehead atoms. The van der Waals surface area contributed by atoms with Crippen LogP contribution >= 0.6 is 11.6 Å². The van der Waals surface area contributed by atoms with Crippen LogP contribution in [0.2, 0.25) is 0 Å². The van der Waals surface area contributed by atoms with Crippen LogP contribution in [0.4, 0.5) is 0 Å². The van der Waals surface area contributed by atoms with Crippen molar-refractivity contribution in [1.29, 1.82) is 0 Å². The van der Waals surface area contributed by atoms with Crippen molar-refractivity contribution in [3.8, 4) is 5.75 Å². The van der Waals surface area contributed by atoms with Crippen molar-refractivity contribution in [2.75, 3.05) is 5.88 Å². The minimum Gasteiger partial charge on any atom is -0.505 e. The zero-order chi connectivity index (χ0) is 12.9. The first-order valence-corrected chi connectivity index (χ1v) is 6.07. The molecule has 1 aromatic heterocycles. The van der Waals surface area contributed by atoms with E-state index >= 15 is 0 Å². The van der Waals surface area contributed by atoms with E-state index in [2.05, 4.69) is 10.3 Å². The summed E-state index contributed by atoms with van der Waals surface area (Å²) < 4.78 is 0. The second kappa shape index (κ2) is 5.87. The summed E-state index contributed by atoms with van der Waals surface area (Å²) in [5.41, 5.74) is -0.122. The highest BCUT2D eigenvalue weighted by Gasteiger charge is 2.25. The predicted octanol–water partition coefficient (Wildman–Crippen LogP) is 2.31. The third-order valence-corrected chi connectivity index (χ3v) is 3.08. The molecule has 0 spiro atoms. The molecule has 0 fully saturated rings. The van der Waals surface area contributed by atoms with Gasteiger partial charge in [-0.1, -0.05) is 6.92 Å².